The monoisotopic (exact) mass is 405 g/mol. The summed E-state index contributed by atoms with van der Waals surface area (Å²) in [5.41, 5.74) is 6.59. The van der Waals surface area contributed by atoms with Gasteiger partial charge < -0.3 is 10.3 Å². The lowest BCUT2D eigenvalue weighted by atomic mass is 9.86. The van der Waals surface area contributed by atoms with Gasteiger partial charge in [0.05, 0.1) is 17.5 Å². The second kappa shape index (κ2) is 6.90. The Hall–Kier alpha value is -2.51. The molecule has 0 aliphatic heterocycles. The third-order valence-electron chi connectivity index (χ3n) is 4.68. The fourth-order valence-electron chi connectivity index (χ4n) is 3.46. The molecule has 0 aliphatic carbocycles. The molecule has 1 aromatic heterocycles. The molecule has 3 aromatic rings. The minimum atomic E-state index is -3.44. The Labute approximate surface area is 163 Å². The average Bonchev–Trinajstić information content (AvgIpc) is 3.02. The fourth-order valence-corrected chi connectivity index (χ4v) is 4.17. The zero-order valence-electron chi connectivity index (χ0n) is 14.9. The Morgan fingerprint density at radius 2 is 1.85 bits per heavy atom. The number of carbonyl (C=O) groups is 1. The molecular weight excluding hydrogens is 386 g/mol. The molecule has 3 N–H and O–H groups in total. The molecule has 0 spiro atoms. The first-order valence-corrected chi connectivity index (χ1v) is 10.6. The van der Waals surface area contributed by atoms with Gasteiger partial charge in [-0.25, -0.2) is 8.42 Å². The van der Waals surface area contributed by atoms with Gasteiger partial charge in [-0.05, 0) is 42.3 Å². The quantitative estimate of drug-likeness (QED) is 0.658. The summed E-state index contributed by atoms with van der Waals surface area (Å²) in [5.74, 6) is -0.508. The van der Waals surface area contributed by atoms with Crippen LogP contribution in [0, 0.1) is 0 Å². The third kappa shape index (κ3) is 3.40. The molecule has 142 valence electrons. The predicted molar refractivity (Wildman–Crippen MR) is 108 cm³/mol. The van der Waals surface area contributed by atoms with Crippen molar-refractivity contribution in [3.63, 3.8) is 0 Å². The van der Waals surface area contributed by atoms with E-state index in [9.17, 15) is 13.2 Å². The summed E-state index contributed by atoms with van der Waals surface area (Å²) in [4.78, 5) is 12.7. The van der Waals surface area contributed by atoms with Crippen LogP contribution in [0.25, 0.3) is 10.9 Å². The summed E-state index contributed by atoms with van der Waals surface area (Å²) >= 11 is 6.00. The molecule has 3 rings (SSSR count). The number of amides is 1. The Kier molecular flexibility index (Phi) is 4.92. The van der Waals surface area contributed by atoms with Gasteiger partial charge in [0.1, 0.15) is 5.54 Å². The molecule has 0 fully saturated rings. The van der Waals surface area contributed by atoms with Crippen LogP contribution in [0.3, 0.4) is 0 Å². The van der Waals surface area contributed by atoms with Crippen LogP contribution in [0.4, 0.5) is 5.69 Å². The van der Waals surface area contributed by atoms with E-state index in [4.69, 9.17) is 17.3 Å². The number of carbonyl (C=O) groups excluding carboxylic acids is 1. The minimum absolute atomic E-state index is 0.414. The highest BCUT2D eigenvalue weighted by Crippen LogP contribution is 2.36. The van der Waals surface area contributed by atoms with Crippen molar-refractivity contribution in [1.82, 2.24) is 4.57 Å². The first kappa shape index (κ1) is 19.3. The van der Waals surface area contributed by atoms with Crippen LogP contribution >= 0.6 is 11.6 Å². The molecule has 1 amide bonds. The summed E-state index contributed by atoms with van der Waals surface area (Å²) in [5, 5.41) is 1.24. The number of rotatable bonds is 6. The van der Waals surface area contributed by atoms with E-state index in [0.29, 0.717) is 33.6 Å². The highest BCUT2D eigenvalue weighted by Gasteiger charge is 2.39. The molecule has 8 heteroatoms. The number of nitrogens with two attached hydrogens (primary N) is 1. The van der Waals surface area contributed by atoms with E-state index >= 15 is 0 Å². The Bertz CT molecular complexity index is 1110. The highest BCUT2D eigenvalue weighted by molar-refractivity contribution is 7.92. The number of hydrogen-bond acceptors (Lipinski definition) is 3. The molecule has 0 radical (unpaired) electrons. The largest absolute Gasteiger partial charge is 0.367 e. The van der Waals surface area contributed by atoms with E-state index in [0.717, 1.165) is 6.26 Å². The molecule has 1 atom stereocenters. The number of primary amides is 1. The van der Waals surface area contributed by atoms with Crippen LogP contribution in [-0.4, -0.2) is 25.1 Å². The van der Waals surface area contributed by atoms with Gasteiger partial charge in [-0.2, -0.15) is 0 Å². The van der Waals surface area contributed by atoms with Crippen molar-refractivity contribution in [3.8, 4) is 0 Å². The first-order chi connectivity index (χ1) is 12.7. The molecule has 1 heterocycles. The third-order valence-corrected chi connectivity index (χ3v) is 5.52. The van der Waals surface area contributed by atoms with E-state index in [1.54, 1.807) is 53.2 Å². The smallest absolute Gasteiger partial charge is 0.248 e. The minimum Gasteiger partial charge on any atom is -0.367 e. The van der Waals surface area contributed by atoms with E-state index < -0.39 is 21.5 Å². The molecule has 2 aromatic carbocycles. The number of nitrogens with one attached hydrogen (secondary N) is 1. The average molecular weight is 406 g/mol. The van der Waals surface area contributed by atoms with Gasteiger partial charge in [-0.15, -0.1) is 0 Å². The van der Waals surface area contributed by atoms with Gasteiger partial charge in [0.15, 0.2) is 0 Å². The van der Waals surface area contributed by atoms with Crippen molar-refractivity contribution in [2.24, 2.45) is 5.73 Å². The number of halogens is 1. The van der Waals surface area contributed by atoms with Crippen LogP contribution in [0.2, 0.25) is 5.02 Å². The summed E-state index contributed by atoms with van der Waals surface area (Å²) in [6.45, 7) is 1.88. The maximum absolute atomic E-state index is 12.7. The summed E-state index contributed by atoms with van der Waals surface area (Å²) in [7, 11) is -3.44. The van der Waals surface area contributed by atoms with Gasteiger partial charge in [0.25, 0.3) is 0 Å². The Balaban J connectivity index is 2.28. The second-order valence-electron chi connectivity index (χ2n) is 6.38. The van der Waals surface area contributed by atoms with Crippen LogP contribution in [0.15, 0.2) is 54.7 Å². The van der Waals surface area contributed by atoms with E-state index in [-0.39, 0.29) is 0 Å². The molecule has 27 heavy (non-hydrogen) atoms. The van der Waals surface area contributed by atoms with Crippen LogP contribution in [-0.2, 0) is 20.4 Å². The number of fused-ring (bicyclic) bond motifs is 1. The number of aromatic nitrogens is 1. The van der Waals surface area contributed by atoms with Crippen molar-refractivity contribution in [1.29, 1.82) is 0 Å². The maximum atomic E-state index is 12.7. The maximum Gasteiger partial charge on any atom is 0.248 e. The molecule has 1 unspecified atom stereocenters. The molecule has 0 bridgehead atoms. The number of nitrogens with zero attached hydrogens (tertiary/aromatic N) is 1. The van der Waals surface area contributed by atoms with Crippen molar-refractivity contribution >= 4 is 44.1 Å². The van der Waals surface area contributed by atoms with Gasteiger partial charge in [-0.3, -0.25) is 9.52 Å². The van der Waals surface area contributed by atoms with Gasteiger partial charge >= 0.3 is 0 Å². The Morgan fingerprint density at radius 1 is 1.19 bits per heavy atom. The van der Waals surface area contributed by atoms with Gasteiger partial charge in [0.2, 0.25) is 15.9 Å². The van der Waals surface area contributed by atoms with Gasteiger partial charge in [0, 0.05) is 16.6 Å². The summed E-state index contributed by atoms with van der Waals surface area (Å²) in [6, 6.07) is 14.0. The number of benzene rings is 2. The van der Waals surface area contributed by atoms with Crippen molar-refractivity contribution in [2.45, 2.75) is 18.9 Å². The van der Waals surface area contributed by atoms with E-state index in [1.807, 2.05) is 13.0 Å². The summed E-state index contributed by atoms with van der Waals surface area (Å²) in [6.07, 6.45) is 3.26. The molecule has 0 saturated carbocycles. The van der Waals surface area contributed by atoms with Crippen LogP contribution < -0.4 is 10.5 Å². The zero-order chi connectivity index (χ0) is 19.8. The normalized spacial score (nSPS) is 14.0. The molecular formula is C19H20ClN3O3S. The first-order valence-electron chi connectivity index (χ1n) is 8.33. The lowest BCUT2D eigenvalue weighted by Gasteiger charge is -2.33. The molecule has 0 aliphatic rings. The number of hydrogen-bond donors (Lipinski definition) is 2. The van der Waals surface area contributed by atoms with Crippen LogP contribution in [0.5, 0.6) is 0 Å². The van der Waals surface area contributed by atoms with E-state index in [1.165, 1.54) is 0 Å². The van der Waals surface area contributed by atoms with E-state index in [2.05, 4.69) is 4.72 Å². The zero-order valence-corrected chi connectivity index (χ0v) is 16.5. The SMILES string of the molecule is CCC(C(N)=O)(c1ccc(Cl)cc1)n1ccc2c(NS(C)(=O)=O)cccc21. The molecule has 0 saturated heterocycles. The standard InChI is InChI=1S/C19H20ClN3O3S/c1-3-19(18(21)24,13-7-9-14(20)10-8-13)23-12-11-15-16(22-27(2,25)26)5-4-6-17(15)23/h4-12,22H,3H2,1-2H3,(H2,21,24). The lowest BCUT2D eigenvalue weighted by molar-refractivity contribution is -0.124. The highest BCUT2D eigenvalue weighted by atomic mass is 35.5. The lowest BCUT2D eigenvalue weighted by Crippen LogP contribution is -2.46. The summed E-state index contributed by atoms with van der Waals surface area (Å²) < 4.78 is 27.6. The second-order valence-corrected chi connectivity index (χ2v) is 8.57. The number of sulfonamides is 1. The topological polar surface area (TPSA) is 94.2 Å². The Morgan fingerprint density at radius 3 is 2.41 bits per heavy atom. The van der Waals surface area contributed by atoms with Crippen molar-refractivity contribution in [2.75, 3.05) is 11.0 Å². The predicted octanol–water partition coefficient (Wildman–Crippen LogP) is 3.31. The van der Waals surface area contributed by atoms with Crippen molar-refractivity contribution < 1.29 is 13.2 Å². The van der Waals surface area contributed by atoms with Gasteiger partial charge in [-0.1, -0.05) is 36.7 Å². The molecule has 6 nitrogen and oxygen atoms in total. The fraction of sp³-hybridized carbons (Fsp3) is 0.211. The number of anilines is 1. The van der Waals surface area contributed by atoms with Crippen molar-refractivity contribution in [3.05, 3.63) is 65.3 Å². The van der Waals surface area contributed by atoms with Crippen LogP contribution in [0.1, 0.15) is 18.9 Å².